The zero-order valence-electron chi connectivity index (χ0n) is 10.3. The zero-order valence-corrected chi connectivity index (χ0v) is 10.3. The first-order valence-corrected chi connectivity index (χ1v) is 6.15. The van der Waals surface area contributed by atoms with E-state index in [-0.39, 0.29) is 12.2 Å². The van der Waals surface area contributed by atoms with Crippen molar-refractivity contribution < 1.29 is 23.0 Å². The Bertz CT molecular complexity index is 434. The largest absolute Gasteiger partial charge is 0.435 e. The van der Waals surface area contributed by atoms with Crippen LogP contribution in [0.4, 0.5) is 13.2 Å². The van der Waals surface area contributed by atoms with E-state index in [4.69, 9.17) is 0 Å². The molecule has 0 aromatic heterocycles. The molecule has 1 fully saturated rings. The van der Waals surface area contributed by atoms with Crippen LogP contribution < -0.4 is 10.1 Å². The molecule has 0 spiro atoms. The normalized spacial score (nSPS) is 18.6. The first kappa shape index (κ1) is 14.1. The van der Waals surface area contributed by atoms with Crippen LogP contribution in [0.1, 0.15) is 18.4 Å². The zero-order chi connectivity index (χ0) is 13.9. The minimum Gasteiger partial charge on any atom is -0.435 e. The Labute approximate surface area is 109 Å². The van der Waals surface area contributed by atoms with E-state index in [1.54, 1.807) is 0 Å². The van der Waals surface area contributed by atoms with Crippen LogP contribution in [-0.2, 0) is 6.42 Å². The highest BCUT2D eigenvalue weighted by Crippen LogP contribution is 2.26. The first-order valence-electron chi connectivity index (χ1n) is 6.15. The van der Waals surface area contributed by atoms with Crippen molar-refractivity contribution in [2.75, 3.05) is 13.1 Å². The van der Waals surface area contributed by atoms with Gasteiger partial charge in [0.25, 0.3) is 0 Å². The number of rotatable bonds is 4. The summed E-state index contributed by atoms with van der Waals surface area (Å²) in [4.78, 5) is 0. The molecule has 0 radical (unpaired) electrons. The number of aliphatic hydroxyl groups is 1. The number of alkyl halides is 2. The van der Waals surface area contributed by atoms with Crippen molar-refractivity contribution in [3.63, 3.8) is 0 Å². The van der Waals surface area contributed by atoms with Gasteiger partial charge >= 0.3 is 6.61 Å². The Hall–Kier alpha value is -1.27. The van der Waals surface area contributed by atoms with E-state index in [0.29, 0.717) is 31.5 Å². The number of nitrogens with one attached hydrogen (secondary N) is 1. The molecule has 1 aromatic carbocycles. The fraction of sp³-hybridized carbons (Fsp3) is 0.538. The van der Waals surface area contributed by atoms with E-state index in [1.165, 1.54) is 12.1 Å². The molecule has 0 amide bonds. The molecule has 6 heteroatoms. The van der Waals surface area contributed by atoms with Crippen LogP contribution in [0.25, 0.3) is 0 Å². The molecular weight excluding hydrogens is 259 g/mol. The van der Waals surface area contributed by atoms with Gasteiger partial charge in [-0.3, -0.25) is 0 Å². The summed E-state index contributed by atoms with van der Waals surface area (Å²) in [5.41, 5.74) is -0.622. The SMILES string of the molecule is OC1(Cc2ccc(OC(F)F)cc2F)CCNCC1. The standard InChI is InChI=1S/C13H16F3NO2/c14-11-7-10(19-12(15)16)2-1-9(11)8-13(18)3-5-17-6-4-13/h1-2,7,12,17-18H,3-6,8H2. The summed E-state index contributed by atoms with van der Waals surface area (Å²) in [6.45, 7) is -1.60. The average Bonchev–Trinajstić information content (AvgIpc) is 2.33. The van der Waals surface area contributed by atoms with Crippen molar-refractivity contribution >= 4 is 0 Å². The highest BCUT2D eigenvalue weighted by atomic mass is 19.3. The minimum atomic E-state index is -2.97. The molecule has 2 N–H and O–H groups in total. The van der Waals surface area contributed by atoms with E-state index >= 15 is 0 Å². The van der Waals surface area contributed by atoms with E-state index in [9.17, 15) is 18.3 Å². The third kappa shape index (κ3) is 3.84. The third-order valence-electron chi connectivity index (χ3n) is 3.30. The number of halogens is 3. The molecule has 0 saturated carbocycles. The Morgan fingerprint density at radius 1 is 1.32 bits per heavy atom. The lowest BCUT2D eigenvalue weighted by Crippen LogP contribution is -2.43. The lowest BCUT2D eigenvalue weighted by molar-refractivity contribution is -0.0500. The second-order valence-electron chi connectivity index (χ2n) is 4.78. The van der Waals surface area contributed by atoms with E-state index in [1.807, 2.05) is 0 Å². The Kier molecular flexibility index (Phi) is 4.31. The van der Waals surface area contributed by atoms with Gasteiger partial charge in [-0.25, -0.2) is 4.39 Å². The smallest absolute Gasteiger partial charge is 0.387 e. The molecule has 19 heavy (non-hydrogen) atoms. The Morgan fingerprint density at radius 3 is 2.58 bits per heavy atom. The fourth-order valence-electron chi connectivity index (χ4n) is 2.27. The summed E-state index contributed by atoms with van der Waals surface area (Å²) in [5.74, 6) is -0.848. The van der Waals surface area contributed by atoms with E-state index in [0.717, 1.165) is 6.07 Å². The van der Waals surface area contributed by atoms with Gasteiger partial charge in [0.1, 0.15) is 11.6 Å². The quantitative estimate of drug-likeness (QED) is 0.884. The van der Waals surface area contributed by atoms with Gasteiger partial charge in [-0.05, 0) is 37.6 Å². The summed E-state index contributed by atoms with van der Waals surface area (Å²) >= 11 is 0. The van der Waals surface area contributed by atoms with Crippen molar-refractivity contribution in [1.82, 2.24) is 5.32 Å². The number of benzene rings is 1. The van der Waals surface area contributed by atoms with E-state index < -0.39 is 18.0 Å². The van der Waals surface area contributed by atoms with Gasteiger partial charge in [0.15, 0.2) is 0 Å². The number of piperidine rings is 1. The molecule has 106 valence electrons. The molecule has 1 heterocycles. The maximum absolute atomic E-state index is 13.8. The van der Waals surface area contributed by atoms with Gasteiger partial charge in [-0.15, -0.1) is 0 Å². The Morgan fingerprint density at radius 2 is 2.00 bits per heavy atom. The van der Waals surface area contributed by atoms with Gasteiger partial charge in [0.05, 0.1) is 5.60 Å². The lowest BCUT2D eigenvalue weighted by Gasteiger charge is -2.32. The van der Waals surface area contributed by atoms with Crippen LogP contribution in [0.5, 0.6) is 5.75 Å². The second kappa shape index (κ2) is 5.79. The summed E-state index contributed by atoms with van der Waals surface area (Å²) in [6.07, 6.45) is 1.26. The molecular formula is C13H16F3NO2. The third-order valence-corrected chi connectivity index (χ3v) is 3.30. The van der Waals surface area contributed by atoms with Gasteiger partial charge in [0.2, 0.25) is 0 Å². The van der Waals surface area contributed by atoms with E-state index in [2.05, 4.69) is 10.1 Å². The maximum Gasteiger partial charge on any atom is 0.387 e. The van der Waals surface area contributed by atoms with Crippen molar-refractivity contribution in [2.45, 2.75) is 31.5 Å². The highest BCUT2D eigenvalue weighted by molar-refractivity contribution is 5.30. The van der Waals surface area contributed by atoms with Gasteiger partial charge in [0, 0.05) is 12.5 Å². The van der Waals surface area contributed by atoms with Crippen LogP contribution in [-0.4, -0.2) is 30.4 Å². The molecule has 1 saturated heterocycles. The van der Waals surface area contributed by atoms with Crippen molar-refractivity contribution in [3.05, 3.63) is 29.6 Å². The highest BCUT2D eigenvalue weighted by Gasteiger charge is 2.30. The topological polar surface area (TPSA) is 41.5 Å². The van der Waals surface area contributed by atoms with Crippen LogP contribution in [0.2, 0.25) is 0 Å². The summed E-state index contributed by atoms with van der Waals surface area (Å²) in [6, 6.07) is 3.59. The van der Waals surface area contributed by atoms with Gasteiger partial charge in [-0.1, -0.05) is 6.07 Å². The Balaban J connectivity index is 2.08. The molecule has 1 aliphatic heterocycles. The lowest BCUT2D eigenvalue weighted by atomic mass is 9.86. The summed E-state index contributed by atoms with van der Waals surface area (Å²) in [7, 11) is 0. The minimum absolute atomic E-state index is 0.176. The van der Waals surface area contributed by atoms with Gasteiger partial charge in [-0.2, -0.15) is 8.78 Å². The monoisotopic (exact) mass is 275 g/mol. The second-order valence-corrected chi connectivity index (χ2v) is 4.78. The fourth-order valence-corrected chi connectivity index (χ4v) is 2.27. The predicted molar refractivity (Wildman–Crippen MR) is 63.8 cm³/mol. The number of hydrogen-bond acceptors (Lipinski definition) is 3. The molecule has 3 nitrogen and oxygen atoms in total. The summed E-state index contributed by atoms with van der Waals surface area (Å²) in [5, 5.41) is 13.4. The predicted octanol–water partition coefficient (Wildman–Crippen LogP) is 2.08. The van der Waals surface area contributed by atoms with Crippen molar-refractivity contribution in [2.24, 2.45) is 0 Å². The van der Waals surface area contributed by atoms with Gasteiger partial charge < -0.3 is 15.2 Å². The van der Waals surface area contributed by atoms with Crippen molar-refractivity contribution in [3.8, 4) is 5.75 Å². The maximum atomic E-state index is 13.8. The molecule has 0 unspecified atom stereocenters. The molecule has 0 bridgehead atoms. The number of hydrogen-bond donors (Lipinski definition) is 2. The van der Waals surface area contributed by atoms with Crippen LogP contribution in [0, 0.1) is 5.82 Å². The van der Waals surface area contributed by atoms with Crippen LogP contribution >= 0.6 is 0 Å². The molecule has 0 aliphatic carbocycles. The average molecular weight is 275 g/mol. The number of ether oxygens (including phenoxy) is 1. The molecule has 2 rings (SSSR count). The molecule has 1 aromatic rings. The van der Waals surface area contributed by atoms with Crippen molar-refractivity contribution in [1.29, 1.82) is 0 Å². The molecule has 1 aliphatic rings. The molecule has 0 atom stereocenters. The van der Waals surface area contributed by atoms with Crippen LogP contribution in [0.3, 0.4) is 0 Å². The summed E-state index contributed by atoms with van der Waals surface area (Å²) < 4.78 is 41.9. The van der Waals surface area contributed by atoms with Crippen LogP contribution in [0.15, 0.2) is 18.2 Å². The first-order chi connectivity index (χ1) is 8.98.